The van der Waals surface area contributed by atoms with Crippen LogP contribution in [0.2, 0.25) is 0 Å². The summed E-state index contributed by atoms with van der Waals surface area (Å²) in [6.45, 7) is 0. The maximum Gasteiger partial charge on any atom is 0.141 e. The predicted molar refractivity (Wildman–Crippen MR) is 137 cm³/mol. The molecule has 0 fully saturated rings. The molecule has 0 radical (unpaired) electrons. The second kappa shape index (κ2) is 7.51. The van der Waals surface area contributed by atoms with E-state index in [2.05, 4.69) is 102 Å². The zero-order valence-electron chi connectivity index (χ0n) is 17.5. The van der Waals surface area contributed by atoms with Crippen LogP contribution >= 0.6 is 23.5 Å². The minimum absolute atomic E-state index is 0.887. The topological polar surface area (TPSA) is 37.2 Å². The van der Waals surface area contributed by atoms with Crippen molar-refractivity contribution in [2.45, 2.75) is 19.6 Å². The van der Waals surface area contributed by atoms with Crippen molar-refractivity contribution < 1.29 is 4.42 Å². The van der Waals surface area contributed by atoms with E-state index in [-0.39, 0.29) is 0 Å². The Kier molecular flexibility index (Phi) is 4.32. The molecule has 2 N–H and O–H groups in total. The number of para-hydroxylation sites is 2. The highest BCUT2D eigenvalue weighted by molar-refractivity contribution is 8.00. The van der Waals surface area contributed by atoms with Gasteiger partial charge in [0.25, 0.3) is 0 Å². The van der Waals surface area contributed by atoms with Crippen molar-refractivity contribution in [1.29, 1.82) is 0 Å². The summed E-state index contributed by atoms with van der Waals surface area (Å²) in [4.78, 5) is 4.94. The summed E-state index contributed by atoms with van der Waals surface area (Å²) in [7, 11) is 0. The summed E-state index contributed by atoms with van der Waals surface area (Å²) in [5.74, 6) is 0.887. The summed E-state index contributed by atoms with van der Waals surface area (Å²) in [6, 6.07) is 32.0. The molecule has 0 saturated carbocycles. The normalized spacial score (nSPS) is 13.1. The molecule has 2 aliphatic heterocycles. The van der Waals surface area contributed by atoms with Crippen LogP contribution in [0.4, 0.5) is 22.7 Å². The molecule has 7 rings (SSSR count). The third-order valence-electron chi connectivity index (χ3n) is 5.95. The Labute approximate surface area is 200 Å². The molecular formula is C28H18N2OS2. The van der Waals surface area contributed by atoms with Crippen LogP contribution in [0, 0.1) is 0 Å². The van der Waals surface area contributed by atoms with Gasteiger partial charge < -0.3 is 15.1 Å². The largest absolute Gasteiger partial charge is 0.464 e. The van der Waals surface area contributed by atoms with E-state index in [0.717, 1.165) is 45.2 Å². The lowest BCUT2D eigenvalue weighted by atomic mass is 10.0. The monoisotopic (exact) mass is 462 g/mol. The second-order valence-corrected chi connectivity index (χ2v) is 10.2. The van der Waals surface area contributed by atoms with Gasteiger partial charge in [0.1, 0.15) is 5.76 Å². The number of fused-ring (bicyclic) bond motifs is 4. The van der Waals surface area contributed by atoms with E-state index in [4.69, 9.17) is 4.42 Å². The summed E-state index contributed by atoms with van der Waals surface area (Å²) >= 11 is 3.60. The lowest BCUT2D eigenvalue weighted by Gasteiger charge is -2.22. The van der Waals surface area contributed by atoms with Crippen molar-refractivity contribution in [2.24, 2.45) is 0 Å². The number of benzene rings is 4. The molecule has 0 aliphatic carbocycles. The van der Waals surface area contributed by atoms with Gasteiger partial charge in [0.2, 0.25) is 0 Å². The summed E-state index contributed by atoms with van der Waals surface area (Å²) in [6.07, 6.45) is 1.78. The van der Waals surface area contributed by atoms with Crippen molar-refractivity contribution in [1.82, 2.24) is 0 Å². The zero-order chi connectivity index (χ0) is 21.8. The Balaban J connectivity index is 1.25. The maximum absolute atomic E-state index is 6.01. The van der Waals surface area contributed by atoms with Crippen LogP contribution in [0.5, 0.6) is 0 Å². The quantitative estimate of drug-likeness (QED) is 0.268. The lowest BCUT2D eigenvalue weighted by molar-refractivity contribution is 0.583. The number of hydrogen-bond acceptors (Lipinski definition) is 5. The smallest absolute Gasteiger partial charge is 0.141 e. The van der Waals surface area contributed by atoms with Gasteiger partial charge >= 0.3 is 0 Å². The molecule has 158 valence electrons. The highest BCUT2D eigenvalue weighted by atomic mass is 32.2. The van der Waals surface area contributed by atoms with Gasteiger partial charge in [0, 0.05) is 30.7 Å². The van der Waals surface area contributed by atoms with Crippen LogP contribution in [0.25, 0.3) is 22.5 Å². The average molecular weight is 463 g/mol. The number of nitrogens with one attached hydrogen (secondary N) is 2. The molecule has 0 atom stereocenters. The molecule has 1 aromatic heterocycles. The molecule has 5 aromatic rings. The highest BCUT2D eigenvalue weighted by Gasteiger charge is 2.20. The van der Waals surface area contributed by atoms with Crippen LogP contribution in [0.15, 0.2) is 121 Å². The standard InChI is InChI=1S/C28H18N2OS2/c1-4-8-25-20(5-1)29-22-11-9-17(16-27(22)33-25)19-13-14-31-28(19)18-10-12-26-23(15-18)30-21-6-2-3-7-24(21)32-26/h1-16,29-30H. The first kappa shape index (κ1) is 19.0. The van der Waals surface area contributed by atoms with Gasteiger partial charge in [-0.3, -0.25) is 0 Å². The first-order chi connectivity index (χ1) is 16.3. The summed E-state index contributed by atoms with van der Waals surface area (Å²) < 4.78 is 6.01. The van der Waals surface area contributed by atoms with Gasteiger partial charge in [0.05, 0.1) is 29.0 Å². The number of hydrogen-bond donors (Lipinski definition) is 2. The summed E-state index contributed by atoms with van der Waals surface area (Å²) in [5.41, 5.74) is 7.87. The lowest BCUT2D eigenvalue weighted by Crippen LogP contribution is -2.00. The fraction of sp³-hybridized carbons (Fsp3) is 0. The molecule has 0 spiro atoms. The fourth-order valence-corrected chi connectivity index (χ4v) is 6.34. The molecule has 4 aromatic carbocycles. The van der Waals surface area contributed by atoms with E-state index in [1.54, 1.807) is 29.8 Å². The molecule has 0 amide bonds. The van der Waals surface area contributed by atoms with E-state index in [0.29, 0.717) is 0 Å². The SMILES string of the molecule is c1ccc2c(c1)Nc1cc(-c3occc3-c3ccc4c(c3)Sc3ccccc3N4)ccc1S2. The molecule has 0 unspecified atom stereocenters. The van der Waals surface area contributed by atoms with Gasteiger partial charge in [-0.1, -0.05) is 53.9 Å². The van der Waals surface area contributed by atoms with Gasteiger partial charge in [-0.25, -0.2) is 0 Å². The minimum Gasteiger partial charge on any atom is -0.464 e. The molecule has 3 heterocycles. The van der Waals surface area contributed by atoms with E-state index in [1.807, 2.05) is 0 Å². The average Bonchev–Trinajstić information content (AvgIpc) is 3.35. The molecule has 2 aliphatic rings. The molecule has 0 saturated heterocycles. The van der Waals surface area contributed by atoms with Crippen LogP contribution in [0.1, 0.15) is 0 Å². The number of rotatable bonds is 2. The van der Waals surface area contributed by atoms with Crippen molar-refractivity contribution in [3.05, 3.63) is 97.3 Å². The minimum atomic E-state index is 0.887. The first-order valence-corrected chi connectivity index (χ1v) is 12.4. The van der Waals surface area contributed by atoms with Gasteiger partial charge in [-0.15, -0.1) is 0 Å². The number of anilines is 4. The Morgan fingerprint density at radius 3 is 1.97 bits per heavy atom. The second-order valence-electron chi connectivity index (χ2n) is 8.03. The Morgan fingerprint density at radius 1 is 0.515 bits per heavy atom. The molecule has 3 nitrogen and oxygen atoms in total. The van der Waals surface area contributed by atoms with Crippen LogP contribution in [-0.4, -0.2) is 0 Å². The Bertz CT molecular complexity index is 1430. The van der Waals surface area contributed by atoms with Crippen LogP contribution < -0.4 is 10.6 Å². The number of furan rings is 1. The van der Waals surface area contributed by atoms with E-state index < -0.39 is 0 Å². The van der Waals surface area contributed by atoms with Crippen LogP contribution in [-0.2, 0) is 0 Å². The van der Waals surface area contributed by atoms with E-state index >= 15 is 0 Å². The van der Waals surface area contributed by atoms with E-state index in [1.165, 1.54) is 19.6 Å². The maximum atomic E-state index is 6.01. The van der Waals surface area contributed by atoms with Crippen molar-refractivity contribution >= 4 is 46.3 Å². The fourth-order valence-electron chi connectivity index (χ4n) is 4.34. The molecule has 0 bridgehead atoms. The van der Waals surface area contributed by atoms with Crippen LogP contribution in [0.3, 0.4) is 0 Å². The zero-order valence-corrected chi connectivity index (χ0v) is 19.1. The Hall–Kier alpha value is -3.54. The van der Waals surface area contributed by atoms with Gasteiger partial charge in [-0.2, -0.15) is 0 Å². The van der Waals surface area contributed by atoms with Crippen molar-refractivity contribution in [3.8, 4) is 22.5 Å². The van der Waals surface area contributed by atoms with Crippen molar-refractivity contribution in [3.63, 3.8) is 0 Å². The summed E-state index contributed by atoms with van der Waals surface area (Å²) in [5, 5.41) is 7.13. The third-order valence-corrected chi connectivity index (χ3v) is 8.24. The van der Waals surface area contributed by atoms with Gasteiger partial charge in [-0.05, 0) is 66.2 Å². The molecule has 33 heavy (non-hydrogen) atoms. The van der Waals surface area contributed by atoms with E-state index in [9.17, 15) is 0 Å². The highest BCUT2D eigenvalue weighted by Crippen LogP contribution is 2.48. The van der Waals surface area contributed by atoms with Crippen molar-refractivity contribution in [2.75, 3.05) is 10.6 Å². The molecular weight excluding hydrogens is 444 g/mol. The predicted octanol–water partition coefficient (Wildman–Crippen LogP) is 9.03. The van der Waals surface area contributed by atoms with Gasteiger partial charge in [0.15, 0.2) is 0 Å². The first-order valence-electron chi connectivity index (χ1n) is 10.8. The Morgan fingerprint density at radius 2 is 1.15 bits per heavy atom. The molecule has 5 heteroatoms. The third kappa shape index (κ3) is 3.24.